The molecule has 0 amide bonds. The highest BCUT2D eigenvalue weighted by Gasteiger charge is 2.37. The summed E-state index contributed by atoms with van der Waals surface area (Å²) in [5.41, 5.74) is -0.661. The monoisotopic (exact) mass is 228 g/mol. The second-order valence-electron chi connectivity index (χ2n) is 4.09. The van der Waals surface area contributed by atoms with E-state index >= 15 is 0 Å². The van der Waals surface area contributed by atoms with E-state index in [2.05, 4.69) is 22.3 Å². The topological polar surface area (TPSA) is 63.8 Å². The van der Waals surface area contributed by atoms with Crippen molar-refractivity contribution in [2.45, 2.75) is 37.0 Å². The highest BCUT2D eigenvalue weighted by molar-refractivity contribution is 8.00. The molecule has 0 aromatic carbocycles. The van der Waals surface area contributed by atoms with Crippen molar-refractivity contribution in [1.29, 1.82) is 0 Å². The summed E-state index contributed by atoms with van der Waals surface area (Å²) in [7, 11) is 1.74. The Morgan fingerprint density at radius 3 is 3.07 bits per heavy atom. The van der Waals surface area contributed by atoms with E-state index in [9.17, 15) is 5.11 Å². The smallest absolute Gasteiger partial charge is 0.177 e. The minimum atomic E-state index is -0.661. The van der Waals surface area contributed by atoms with Crippen LogP contribution in [0.4, 0.5) is 0 Å². The molecule has 0 spiro atoms. The van der Waals surface area contributed by atoms with Gasteiger partial charge in [-0.25, -0.2) is 0 Å². The molecule has 2 atom stereocenters. The Morgan fingerprint density at radius 1 is 1.67 bits per heavy atom. The van der Waals surface area contributed by atoms with Crippen LogP contribution in [0.25, 0.3) is 0 Å². The molecule has 1 saturated heterocycles. The molecule has 84 valence electrons. The van der Waals surface area contributed by atoms with Crippen LogP contribution < -0.4 is 0 Å². The number of aryl methyl sites for hydroxylation is 1. The fourth-order valence-corrected chi connectivity index (χ4v) is 3.07. The summed E-state index contributed by atoms with van der Waals surface area (Å²) in [6.45, 7) is 2.07. The summed E-state index contributed by atoms with van der Waals surface area (Å²) in [6.07, 6.45) is 2.40. The number of nitrogens with zero attached hydrogens (tertiary/aromatic N) is 4. The van der Waals surface area contributed by atoms with Gasteiger partial charge in [-0.05, 0) is 23.8 Å². The van der Waals surface area contributed by atoms with Crippen molar-refractivity contribution >= 4 is 11.8 Å². The van der Waals surface area contributed by atoms with E-state index in [0.29, 0.717) is 12.2 Å². The molecule has 2 rings (SSSR count). The molecule has 15 heavy (non-hydrogen) atoms. The molecular formula is C9H16N4OS. The van der Waals surface area contributed by atoms with E-state index in [1.54, 1.807) is 7.05 Å². The molecule has 1 aliphatic rings. The van der Waals surface area contributed by atoms with Gasteiger partial charge in [-0.3, -0.25) is 0 Å². The Hall–Kier alpha value is -0.620. The zero-order chi connectivity index (χ0) is 10.9. The first-order valence-corrected chi connectivity index (χ1v) is 6.22. The zero-order valence-electron chi connectivity index (χ0n) is 9.05. The lowest BCUT2D eigenvalue weighted by molar-refractivity contribution is 0.0278. The van der Waals surface area contributed by atoms with Gasteiger partial charge in [0.15, 0.2) is 5.82 Å². The normalized spacial score (nSPS) is 31.8. The van der Waals surface area contributed by atoms with Crippen LogP contribution in [-0.2, 0) is 13.5 Å². The minimum absolute atomic E-state index is 0.245. The number of hydrogen-bond acceptors (Lipinski definition) is 5. The maximum absolute atomic E-state index is 10.5. The summed E-state index contributed by atoms with van der Waals surface area (Å²) in [6, 6.07) is 0. The van der Waals surface area contributed by atoms with Crippen LogP contribution in [0.1, 0.15) is 25.6 Å². The quantitative estimate of drug-likeness (QED) is 0.793. The van der Waals surface area contributed by atoms with Crippen molar-refractivity contribution in [3.05, 3.63) is 5.82 Å². The molecule has 1 aromatic heterocycles. The first-order chi connectivity index (χ1) is 7.10. The lowest BCUT2D eigenvalue weighted by atomic mass is 9.90. The molecule has 1 N–H and O–H groups in total. The minimum Gasteiger partial charge on any atom is -0.388 e. The van der Waals surface area contributed by atoms with Crippen LogP contribution in [0.5, 0.6) is 0 Å². The average molecular weight is 228 g/mol. The second kappa shape index (κ2) is 4.09. The van der Waals surface area contributed by atoms with Crippen molar-refractivity contribution < 1.29 is 5.11 Å². The van der Waals surface area contributed by atoms with Gasteiger partial charge >= 0.3 is 0 Å². The Balaban J connectivity index is 2.08. The van der Waals surface area contributed by atoms with Gasteiger partial charge in [-0.2, -0.15) is 16.6 Å². The van der Waals surface area contributed by atoms with Gasteiger partial charge in [0.05, 0.1) is 12.6 Å². The molecular weight excluding hydrogens is 212 g/mol. The van der Waals surface area contributed by atoms with Crippen molar-refractivity contribution in [2.24, 2.45) is 7.05 Å². The van der Waals surface area contributed by atoms with E-state index in [1.165, 1.54) is 4.80 Å². The standard InChI is InChI=1S/C9H16N4OS/c1-7-9(14,4-3-5-15-7)6-8-10-12-13(2)11-8/h7,14H,3-6H2,1-2H3. The van der Waals surface area contributed by atoms with Crippen molar-refractivity contribution in [1.82, 2.24) is 20.2 Å². The highest BCUT2D eigenvalue weighted by Crippen LogP contribution is 2.35. The number of aliphatic hydroxyl groups is 1. The van der Waals surface area contributed by atoms with Crippen LogP contribution in [0.2, 0.25) is 0 Å². The molecule has 1 aliphatic heterocycles. The Labute approximate surface area is 93.2 Å². The molecule has 0 saturated carbocycles. The lowest BCUT2D eigenvalue weighted by Crippen LogP contribution is -2.44. The van der Waals surface area contributed by atoms with Crippen molar-refractivity contribution in [3.8, 4) is 0 Å². The Kier molecular flexibility index (Phi) is 2.97. The van der Waals surface area contributed by atoms with Gasteiger partial charge in [-0.1, -0.05) is 6.92 Å². The Morgan fingerprint density at radius 2 is 2.47 bits per heavy atom. The van der Waals surface area contributed by atoms with E-state index in [0.717, 1.165) is 18.6 Å². The number of thioether (sulfide) groups is 1. The third kappa shape index (κ3) is 2.31. The van der Waals surface area contributed by atoms with Gasteiger partial charge in [0, 0.05) is 11.7 Å². The van der Waals surface area contributed by atoms with Crippen LogP contribution >= 0.6 is 11.8 Å². The fourth-order valence-electron chi connectivity index (χ4n) is 1.90. The highest BCUT2D eigenvalue weighted by atomic mass is 32.2. The third-order valence-corrected chi connectivity index (χ3v) is 4.36. The fraction of sp³-hybridized carbons (Fsp3) is 0.889. The maximum Gasteiger partial charge on any atom is 0.177 e. The molecule has 2 heterocycles. The summed E-state index contributed by atoms with van der Waals surface area (Å²) in [5.74, 6) is 1.77. The molecule has 0 bridgehead atoms. The molecule has 1 aromatic rings. The van der Waals surface area contributed by atoms with E-state index in [1.807, 2.05) is 11.8 Å². The van der Waals surface area contributed by atoms with Crippen LogP contribution in [-0.4, -0.2) is 41.9 Å². The lowest BCUT2D eigenvalue weighted by Gasteiger charge is -2.36. The van der Waals surface area contributed by atoms with Crippen molar-refractivity contribution in [2.75, 3.05) is 5.75 Å². The largest absolute Gasteiger partial charge is 0.388 e. The van der Waals surface area contributed by atoms with Gasteiger partial charge in [0.1, 0.15) is 0 Å². The number of tetrazole rings is 1. The number of aromatic nitrogens is 4. The predicted octanol–water partition coefficient (Wildman–Crippen LogP) is 0.399. The predicted molar refractivity (Wildman–Crippen MR) is 58.6 cm³/mol. The molecule has 5 nitrogen and oxygen atoms in total. The third-order valence-electron chi connectivity index (χ3n) is 2.89. The van der Waals surface area contributed by atoms with Gasteiger partial charge in [0.25, 0.3) is 0 Å². The van der Waals surface area contributed by atoms with E-state index < -0.39 is 5.60 Å². The average Bonchev–Trinajstić information content (AvgIpc) is 2.57. The summed E-state index contributed by atoms with van der Waals surface area (Å²) in [5, 5.41) is 22.5. The summed E-state index contributed by atoms with van der Waals surface area (Å²) in [4.78, 5) is 1.43. The first kappa shape index (κ1) is 10.9. The van der Waals surface area contributed by atoms with Crippen LogP contribution in [0, 0.1) is 0 Å². The zero-order valence-corrected chi connectivity index (χ0v) is 9.87. The van der Waals surface area contributed by atoms with Gasteiger partial charge < -0.3 is 5.11 Å². The van der Waals surface area contributed by atoms with Gasteiger partial charge in [-0.15, -0.1) is 10.2 Å². The van der Waals surface area contributed by atoms with E-state index in [-0.39, 0.29) is 5.25 Å². The molecule has 0 radical (unpaired) electrons. The molecule has 0 aliphatic carbocycles. The van der Waals surface area contributed by atoms with Crippen LogP contribution in [0.3, 0.4) is 0 Å². The molecule has 6 heteroatoms. The van der Waals surface area contributed by atoms with Crippen LogP contribution in [0.15, 0.2) is 0 Å². The van der Waals surface area contributed by atoms with E-state index in [4.69, 9.17) is 0 Å². The molecule has 1 fully saturated rings. The maximum atomic E-state index is 10.5. The summed E-state index contributed by atoms with van der Waals surface area (Å²) < 4.78 is 0. The summed E-state index contributed by atoms with van der Waals surface area (Å²) >= 11 is 1.82. The molecule has 2 unspecified atom stereocenters. The first-order valence-electron chi connectivity index (χ1n) is 5.17. The number of hydrogen-bond donors (Lipinski definition) is 1. The SMILES string of the molecule is CC1SCCCC1(O)Cc1nnn(C)n1. The number of rotatable bonds is 2. The Bertz CT molecular complexity index is 343. The van der Waals surface area contributed by atoms with Gasteiger partial charge in [0.2, 0.25) is 0 Å². The second-order valence-corrected chi connectivity index (χ2v) is 5.54. The van der Waals surface area contributed by atoms with Crippen molar-refractivity contribution in [3.63, 3.8) is 0 Å².